The molecular formula is C32H28F3N9OS. The maximum Gasteiger partial charge on any atom is 0.413 e. The molecule has 0 amide bonds. The average molecular weight is 644 g/mol. The van der Waals surface area contributed by atoms with Crippen LogP contribution < -0.4 is 10.6 Å². The maximum absolute atomic E-state index is 14.0. The van der Waals surface area contributed by atoms with Crippen LogP contribution in [0.25, 0.3) is 21.1 Å². The molecular weight excluding hydrogens is 615 g/mol. The normalized spacial score (nSPS) is 19.3. The molecule has 2 aliphatic rings. The third-order valence-corrected chi connectivity index (χ3v) is 9.90. The number of aromatic nitrogens is 5. The Labute approximate surface area is 265 Å². The summed E-state index contributed by atoms with van der Waals surface area (Å²) in [6.07, 6.45) is -1.06. The summed E-state index contributed by atoms with van der Waals surface area (Å²) in [5, 5.41) is 36.0. The number of thiazole rings is 1. The zero-order chi connectivity index (χ0) is 32.3. The summed E-state index contributed by atoms with van der Waals surface area (Å²) >= 11 is 1.41. The molecule has 46 heavy (non-hydrogen) atoms. The fourth-order valence-corrected chi connectivity index (χ4v) is 7.01. The number of nitriles is 2. The van der Waals surface area contributed by atoms with Gasteiger partial charge in [0.05, 0.1) is 56.9 Å². The molecule has 5 aromatic rings. The van der Waals surface area contributed by atoms with Gasteiger partial charge in [0.1, 0.15) is 17.8 Å². The van der Waals surface area contributed by atoms with Gasteiger partial charge in [-0.15, -0.1) is 16.4 Å². The van der Waals surface area contributed by atoms with Gasteiger partial charge in [-0.2, -0.15) is 23.7 Å². The predicted octanol–water partition coefficient (Wildman–Crippen LogP) is 6.66. The van der Waals surface area contributed by atoms with Gasteiger partial charge in [-0.05, 0) is 43.0 Å². The fourth-order valence-electron chi connectivity index (χ4n) is 6.17. The highest BCUT2D eigenvalue weighted by Crippen LogP contribution is 2.55. The minimum absolute atomic E-state index is 0.0174. The van der Waals surface area contributed by atoms with E-state index >= 15 is 0 Å². The molecule has 3 aromatic heterocycles. The molecule has 0 bridgehead atoms. The van der Waals surface area contributed by atoms with Gasteiger partial charge in [0, 0.05) is 35.3 Å². The molecule has 4 heterocycles. The van der Waals surface area contributed by atoms with E-state index < -0.39 is 17.8 Å². The van der Waals surface area contributed by atoms with Crippen molar-refractivity contribution in [2.75, 3.05) is 23.8 Å². The van der Waals surface area contributed by atoms with E-state index in [1.807, 2.05) is 18.2 Å². The van der Waals surface area contributed by atoms with Crippen molar-refractivity contribution in [3.05, 3.63) is 70.6 Å². The second-order valence-electron chi connectivity index (χ2n) is 12.5. The number of benzene rings is 2. The van der Waals surface area contributed by atoms with E-state index in [2.05, 4.69) is 56.9 Å². The highest BCUT2D eigenvalue weighted by Gasteiger charge is 2.66. The Kier molecular flexibility index (Phi) is 7.10. The topological polar surface area (TPSA) is 137 Å². The van der Waals surface area contributed by atoms with Gasteiger partial charge in [-0.1, -0.05) is 31.2 Å². The number of hydrogen-bond donors (Lipinski definition) is 2. The molecule has 10 nitrogen and oxygen atoms in total. The maximum atomic E-state index is 14.0. The summed E-state index contributed by atoms with van der Waals surface area (Å²) in [5.74, 6) is 0. The summed E-state index contributed by atoms with van der Waals surface area (Å²) in [5.41, 5.74) is 3.25. The number of fused-ring (bicyclic) bond motifs is 2. The highest BCUT2D eigenvalue weighted by molar-refractivity contribution is 7.17. The van der Waals surface area contributed by atoms with Crippen molar-refractivity contribution in [1.82, 2.24) is 25.0 Å². The number of nitrogens with one attached hydrogen (secondary N) is 2. The molecule has 1 aliphatic heterocycles. The van der Waals surface area contributed by atoms with Crippen LogP contribution in [-0.2, 0) is 10.3 Å². The minimum Gasteiger partial charge on any atom is -0.381 e. The largest absolute Gasteiger partial charge is 0.413 e. The molecule has 1 saturated heterocycles. The molecule has 1 saturated carbocycles. The van der Waals surface area contributed by atoms with Crippen LogP contribution in [0.5, 0.6) is 0 Å². The van der Waals surface area contributed by atoms with Crippen LogP contribution in [-0.4, -0.2) is 50.4 Å². The first-order valence-corrected chi connectivity index (χ1v) is 15.6. The number of nitrogens with zero attached hydrogens (tertiary/aromatic N) is 7. The lowest BCUT2D eigenvalue weighted by atomic mass is 9.81. The molecule has 2 atom stereocenters. The monoisotopic (exact) mass is 643 g/mol. The lowest BCUT2D eigenvalue weighted by Gasteiger charge is -2.39. The Balaban J connectivity index is 1.36. The summed E-state index contributed by atoms with van der Waals surface area (Å²) in [4.78, 5) is 8.88. The third kappa shape index (κ3) is 4.98. The molecule has 1 aliphatic carbocycles. The number of pyridine rings is 1. The van der Waals surface area contributed by atoms with Crippen LogP contribution in [0.15, 0.2) is 48.2 Å². The molecule has 0 unspecified atom stereocenters. The lowest BCUT2D eigenvalue weighted by Crippen LogP contribution is -2.44. The molecule has 0 spiro atoms. The third-order valence-electron chi connectivity index (χ3n) is 9.00. The quantitative estimate of drug-likeness (QED) is 0.199. The van der Waals surface area contributed by atoms with Crippen molar-refractivity contribution >= 4 is 43.8 Å². The Hall–Kier alpha value is -4.79. The standard InChI is InChI=1S/C32H28F3N9OS/c1-30(2)16-45-9-6-25(30)41-27-19(13-37)14-38-26-18(12-36)10-20(11-22(26)27)40-28(21-4-3-5-23-29(21)46-17-39-23)24-15-44(43-42-24)31(7-8-31)32(33,34)35/h3-5,10-11,14-15,17,25,28,40H,6-9,16H2,1-2H3,(H,38,41)/t25-,28+/m1/s1. The van der Waals surface area contributed by atoms with E-state index in [0.717, 1.165) is 26.9 Å². The Morgan fingerprint density at radius 3 is 2.65 bits per heavy atom. The Morgan fingerprint density at radius 1 is 1.13 bits per heavy atom. The summed E-state index contributed by atoms with van der Waals surface area (Å²) < 4.78 is 49.4. The summed E-state index contributed by atoms with van der Waals surface area (Å²) in [6, 6.07) is 12.7. The van der Waals surface area contributed by atoms with Gasteiger partial charge in [-0.25, -0.2) is 9.67 Å². The van der Waals surface area contributed by atoms with E-state index in [4.69, 9.17) is 4.74 Å². The number of ether oxygens (including phenoxy) is 1. The number of alkyl halides is 3. The van der Waals surface area contributed by atoms with E-state index in [1.165, 1.54) is 23.7 Å². The molecule has 0 radical (unpaired) electrons. The molecule has 14 heteroatoms. The lowest BCUT2D eigenvalue weighted by molar-refractivity contribution is -0.182. The number of rotatable bonds is 7. The van der Waals surface area contributed by atoms with Crippen molar-refractivity contribution in [2.24, 2.45) is 5.41 Å². The van der Waals surface area contributed by atoms with Gasteiger partial charge in [0.2, 0.25) is 0 Å². The van der Waals surface area contributed by atoms with Crippen molar-refractivity contribution in [3.63, 3.8) is 0 Å². The zero-order valence-electron chi connectivity index (χ0n) is 24.9. The van der Waals surface area contributed by atoms with Crippen LogP contribution in [0.4, 0.5) is 24.5 Å². The van der Waals surface area contributed by atoms with Gasteiger partial charge in [0.15, 0.2) is 5.54 Å². The molecule has 2 fully saturated rings. The smallest absolute Gasteiger partial charge is 0.381 e. The van der Waals surface area contributed by atoms with Crippen molar-refractivity contribution in [2.45, 2.75) is 56.9 Å². The number of anilines is 2. The van der Waals surface area contributed by atoms with E-state index in [9.17, 15) is 23.7 Å². The van der Waals surface area contributed by atoms with Gasteiger partial charge < -0.3 is 15.4 Å². The summed E-state index contributed by atoms with van der Waals surface area (Å²) in [7, 11) is 0. The SMILES string of the molecule is CC1(C)COCC[C@H]1Nc1c(C#N)cnc2c(C#N)cc(N[C@H](c3cn(C4(C(F)(F)F)CC4)nn3)c3cccc4ncsc34)cc12. The van der Waals surface area contributed by atoms with Gasteiger partial charge in [-0.3, -0.25) is 4.98 Å². The predicted molar refractivity (Wildman–Crippen MR) is 166 cm³/mol. The first-order valence-electron chi connectivity index (χ1n) is 14.7. The second-order valence-corrected chi connectivity index (χ2v) is 13.3. The van der Waals surface area contributed by atoms with Crippen molar-refractivity contribution in [3.8, 4) is 12.1 Å². The van der Waals surface area contributed by atoms with E-state index in [-0.39, 0.29) is 35.6 Å². The Bertz CT molecular complexity index is 2050. The Morgan fingerprint density at radius 2 is 1.93 bits per heavy atom. The number of hydrogen-bond acceptors (Lipinski definition) is 10. The van der Waals surface area contributed by atoms with Crippen molar-refractivity contribution in [1.29, 1.82) is 10.5 Å². The van der Waals surface area contributed by atoms with E-state index in [0.29, 0.717) is 41.1 Å². The van der Waals surface area contributed by atoms with Crippen LogP contribution in [0.3, 0.4) is 0 Å². The second kappa shape index (κ2) is 10.9. The number of halogens is 3. The fraction of sp³-hybridized carbons (Fsp3) is 0.375. The van der Waals surface area contributed by atoms with Crippen molar-refractivity contribution < 1.29 is 17.9 Å². The summed E-state index contributed by atoms with van der Waals surface area (Å²) in [6.45, 7) is 5.31. The van der Waals surface area contributed by atoms with Crippen LogP contribution >= 0.6 is 11.3 Å². The first-order chi connectivity index (χ1) is 22.0. The highest BCUT2D eigenvalue weighted by atomic mass is 32.1. The zero-order valence-corrected chi connectivity index (χ0v) is 25.7. The van der Waals surface area contributed by atoms with Crippen LogP contribution in [0, 0.1) is 28.1 Å². The molecule has 2 aromatic carbocycles. The van der Waals surface area contributed by atoms with Crippen LogP contribution in [0.1, 0.15) is 61.5 Å². The minimum atomic E-state index is -4.47. The van der Waals surface area contributed by atoms with Gasteiger partial charge >= 0.3 is 6.18 Å². The molecule has 234 valence electrons. The van der Waals surface area contributed by atoms with Gasteiger partial charge in [0.25, 0.3) is 0 Å². The molecule has 7 rings (SSSR count). The van der Waals surface area contributed by atoms with E-state index in [1.54, 1.807) is 17.6 Å². The van der Waals surface area contributed by atoms with Crippen LogP contribution in [0.2, 0.25) is 0 Å². The first kappa shape index (κ1) is 29.9. The average Bonchev–Trinajstić information content (AvgIpc) is 3.47. The molecule has 2 N–H and O–H groups in total.